The van der Waals surface area contributed by atoms with Crippen molar-refractivity contribution in [2.45, 2.75) is 77.9 Å². The number of aromatic hydroxyl groups is 1. The van der Waals surface area contributed by atoms with Crippen LogP contribution in [-0.2, 0) is 32.6 Å². The van der Waals surface area contributed by atoms with Gasteiger partial charge in [0.15, 0.2) is 0 Å². The SMILES string of the molecule is CCNC(Cc1ccc(F)cc1)C(=O)N(C)C(C(=O)NC(Cc1ccc(O)c(C(C)(C)C)c1)C(N)=O)C(C)C. The van der Waals surface area contributed by atoms with Gasteiger partial charge in [0.2, 0.25) is 17.7 Å². The average molecular weight is 543 g/mol. The Balaban J connectivity index is 2.24. The number of phenols is 1. The van der Waals surface area contributed by atoms with E-state index in [2.05, 4.69) is 10.6 Å². The van der Waals surface area contributed by atoms with Crippen molar-refractivity contribution in [2.75, 3.05) is 13.6 Å². The standard InChI is InChI=1S/C30H43FN4O4/c1-8-33-24(16-19-9-12-21(31)13-10-19)29(39)35(7)26(18(2)3)28(38)34-23(27(32)37)17-20-11-14-25(36)22(15-20)30(4,5)6/h9-15,18,23-24,26,33,36H,8,16-17H2,1-7H3,(H2,32,37)(H,34,38). The molecule has 0 saturated heterocycles. The van der Waals surface area contributed by atoms with Crippen LogP contribution in [0.25, 0.3) is 0 Å². The molecular weight excluding hydrogens is 499 g/mol. The molecule has 2 aromatic rings. The van der Waals surface area contributed by atoms with Crippen molar-refractivity contribution in [2.24, 2.45) is 11.7 Å². The van der Waals surface area contributed by atoms with Crippen LogP contribution in [0.15, 0.2) is 42.5 Å². The minimum Gasteiger partial charge on any atom is -0.508 e. The van der Waals surface area contributed by atoms with E-state index in [1.54, 1.807) is 31.3 Å². The zero-order valence-electron chi connectivity index (χ0n) is 24.0. The van der Waals surface area contributed by atoms with E-state index in [9.17, 15) is 23.9 Å². The quantitative estimate of drug-likeness (QED) is 0.328. The van der Waals surface area contributed by atoms with Gasteiger partial charge in [-0.1, -0.05) is 65.8 Å². The molecule has 0 aliphatic heterocycles. The van der Waals surface area contributed by atoms with Gasteiger partial charge in [-0.2, -0.15) is 0 Å². The summed E-state index contributed by atoms with van der Waals surface area (Å²) in [5.74, 6) is -1.95. The third kappa shape index (κ3) is 8.78. The van der Waals surface area contributed by atoms with Crippen molar-refractivity contribution in [1.29, 1.82) is 0 Å². The number of likely N-dealkylation sites (N-methyl/N-ethyl adjacent to an activating group) is 2. The molecule has 3 amide bonds. The molecule has 5 N–H and O–H groups in total. The first-order valence-electron chi connectivity index (χ1n) is 13.3. The van der Waals surface area contributed by atoms with Gasteiger partial charge in [-0.05, 0) is 59.2 Å². The normalized spacial score (nSPS) is 14.0. The Morgan fingerprint density at radius 3 is 2.08 bits per heavy atom. The van der Waals surface area contributed by atoms with Crippen LogP contribution in [0.3, 0.4) is 0 Å². The molecule has 0 spiro atoms. The van der Waals surface area contributed by atoms with Crippen LogP contribution in [-0.4, -0.2) is 59.4 Å². The van der Waals surface area contributed by atoms with Crippen molar-refractivity contribution >= 4 is 17.7 Å². The van der Waals surface area contributed by atoms with Crippen LogP contribution < -0.4 is 16.4 Å². The molecule has 2 rings (SSSR count). The number of carbonyl (C=O) groups is 3. The van der Waals surface area contributed by atoms with Gasteiger partial charge in [0.05, 0.1) is 6.04 Å². The molecule has 0 bridgehead atoms. The Morgan fingerprint density at radius 1 is 1.00 bits per heavy atom. The predicted molar refractivity (Wildman–Crippen MR) is 151 cm³/mol. The zero-order valence-corrected chi connectivity index (χ0v) is 24.0. The Hall–Kier alpha value is -3.46. The second-order valence-corrected chi connectivity index (χ2v) is 11.3. The van der Waals surface area contributed by atoms with E-state index < -0.39 is 29.9 Å². The number of nitrogens with one attached hydrogen (secondary N) is 2. The van der Waals surface area contributed by atoms with Crippen molar-refractivity contribution in [3.8, 4) is 5.75 Å². The summed E-state index contributed by atoms with van der Waals surface area (Å²) in [6, 6.07) is 8.53. The van der Waals surface area contributed by atoms with E-state index >= 15 is 0 Å². The number of nitrogens with zero attached hydrogens (tertiary/aromatic N) is 1. The molecule has 0 radical (unpaired) electrons. The van der Waals surface area contributed by atoms with E-state index in [1.807, 2.05) is 47.6 Å². The predicted octanol–water partition coefficient (Wildman–Crippen LogP) is 3.05. The fraction of sp³-hybridized carbons (Fsp3) is 0.500. The molecule has 2 aromatic carbocycles. The molecule has 0 fully saturated rings. The number of halogens is 1. The van der Waals surface area contributed by atoms with Crippen molar-refractivity contribution in [3.63, 3.8) is 0 Å². The molecule has 39 heavy (non-hydrogen) atoms. The number of rotatable bonds is 12. The van der Waals surface area contributed by atoms with E-state index in [0.29, 0.717) is 13.0 Å². The van der Waals surface area contributed by atoms with Crippen molar-refractivity contribution in [1.82, 2.24) is 15.5 Å². The highest BCUT2D eigenvalue weighted by molar-refractivity contribution is 5.93. The van der Waals surface area contributed by atoms with Gasteiger partial charge in [-0.15, -0.1) is 0 Å². The summed E-state index contributed by atoms with van der Waals surface area (Å²) in [6.45, 7) is 12.0. The lowest BCUT2D eigenvalue weighted by Crippen LogP contribution is -2.58. The number of carbonyl (C=O) groups excluding carboxylic acids is 3. The number of nitrogens with two attached hydrogens (primary N) is 1. The van der Waals surface area contributed by atoms with Crippen molar-refractivity contribution in [3.05, 3.63) is 65.0 Å². The van der Waals surface area contributed by atoms with Crippen LogP contribution in [0.5, 0.6) is 5.75 Å². The molecule has 0 heterocycles. The maximum absolute atomic E-state index is 13.5. The first kappa shape index (κ1) is 31.8. The molecular formula is C30H43FN4O4. The molecule has 0 aliphatic carbocycles. The summed E-state index contributed by atoms with van der Waals surface area (Å²) in [5, 5.41) is 16.2. The van der Waals surface area contributed by atoms with Gasteiger partial charge >= 0.3 is 0 Å². The molecule has 8 nitrogen and oxygen atoms in total. The third-order valence-electron chi connectivity index (χ3n) is 6.74. The Labute approximate surface area is 231 Å². The zero-order chi connectivity index (χ0) is 29.5. The van der Waals surface area contributed by atoms with E-state index in [0.717, 1.165) is 16.7 Å². The first-order chi connectivity index (χ1) is 18.1. The first-order valence-corrected chi connectivity index (χ1v) is 13.3. The molecule has 0 saturated carbocycles. The monoisotopic (exact) mass is 542 g/mol. The van der Waals surface area contributed by atoms with Crippen LogP contribution in [0.4, 0.5) is 4.39 Å². The van der Waals surface area contributed by atoms with Crippen molar-refractivity contribution < 1.29 is 23.9 Å². The lowest BCUT2D eigenvalue weighted by Gasteiger charge is -2.34. The lowest BCUT2D eigenvalue weighted by molar-refractivity contribution is -0.142. The van der Waals surface area contributed by atoms with Gasteiger partial charge in [0.25, 0.3) is 0 Å². The average Bonchev–Trinajstić information content (AvgIpc) is 2.84. The lowest BCUT2D eigenvalue weighted by atomic mass is 9.84. The second-order valence-electron chi connectivity index (χ2n) is 11.3. The van der Waals surface area contributed by atoms with Gasteiger partial charge in [0.1, 0.15) is 23.7 Å². The summed E-state index contributed by atoms with van der Waals surface area (Å²) >= 11 is 0. The topological polar surface area (TPSA) is 125 Å². The highest BCUT2D eigenvalue weighted by atomic mass is 19.1. The van der Waals surface area contributed by atoms with Crippen LogP contribution in [0.2, 0.25) is 0 Å². The second kappa shape index (κ2) is 13.6. The Bertz CT molecular complexity index is 1140. The van der Waals surface area contributed by atoms with Crippen LogP contribution >= 0.6 is 0 Å². The summed E-state index contributed by atoms with van der Waals surface area (Å²) in [6.07, 6.45) is 0.460. The molecule has 3 atom stereocenters. The van der Waals surface area contributed by atoms with Gasteiger partial charge in [-0.3, -0.25) is 14.4 Å². The number of phenolic OH excluding ortho intramolecular Hbond substituents is 1. The largest absolute Gasteiger partial charge is 0.508 e. The van der Waals surface area contributed by atoms with Crippen LogP contribution in [0, 0.1) is 11.7 Å². The minimum atomic E-state index is -1.01. The Kier molecular flexibility index (Phi) is 11.0. The highest BCUT2D eigenvalue weighted by Gasteiger charge is 2.35. The molecule has 214 valence electrons. The molecule has 9 heteroatoms. The third-order valence-corrected chi connectivity index (χ3v) is 6.74. The fourth-order valence-electron chi connectivity index (χ4n) is 4.68. The molecule has 3 unspecified atom stereocenters. The number of hydrogen-bond donors (Lipinski definition) is 4. The van der Waals surface area contributed by atoms with Crippen LogP contribution in [0.1, 0.15) is 58.2 Å². The number of hydrogen-bond acceptors (Lipinski definition) is 5. The fourth-order valence-corrected chi connectivity index (χ4v) is 4.68. The highest BCUT2D eigenvalue weighted by Crippen LogP contribution is 2.31. The van der Waals surface area contributed by atoms with Gasteiger partial charge < -0.3 is 26.4 Å². The maximum Gasteiger partial charge on any atom is 0.243 e. The van der Waals surface area contributed by atoms with E-state index in [4.69, 9.17) is 5.73 Å². The number of benzene rings is 2. The smallest absolute Gasteiger partial charge is 0.243 e. The summed E-state index contributed by atoms with van der Waals surface area (Å²) in [7, 11) is 1.57. The minimum absolute atomic E-state index is 0.136. The summed E-state index contributed by atoms with van der Waals surface area (Å²) in [4.78, 5) is 40.7. The Morgan fingerprint density at radius 2 is 1.56 bits per heavy atom. The number of primary amides is 1. The maximum atomic E-state index is 13.5. The summed E-state index contributed by atoms with van der Waals surface area (Å²) in [5.41, 5.74) is 7.58. The summed E-state index contributed by atoms with van der Waals surface area (Å²) < 4.78 is 13.4. The van der Waals surface area contributed by atoms with E-state index in [1.165, 1.54) is 17.0 Å². The molecule has 0 aliphatic rings. The number of amides is 3. The van der Waals surface area contributed by atoms with E-state index in [-0.39, 0.29) is 35.2 Å². The van der Waals surface area contributed by atoms with Gasteiger partial charge in [-0.25, -0.2) is 4.39 Å². The molecule has 0 aromatic heterocycles. The van der Waals surface area contributed by atoms with Gasteiger partial charge in [0, 0.05) is 13.5 Å².